The van der Waals surface area contributed by atoms with E-state index in [9.17, 15) is 22.4 Å². The highest BCUT2D eigenvalue weighted by Gasteiger charge is 2.33. The molecule has 0 saturated heterocycles. The molecule has 3 rings (SSSR count). The standard InChI is InChI=1S/C32H40FN3O4S/c1-7-24(5)34-32(38)25(6)35(20-27-10-8-9-11-30(27)33)31(37)21-36(28-16-14-26(15-17-28)22(2)3)41(39,40)29-18-12-23(4)13-19-29/h8-19,22,24-25H,7,20-21H2,1-6H3,(H,34,38)/t24-,25-/m1/s1. The zero-order chi connectivity index (χ0) is 30.3. The molecule has 3 aromatic carbocycles. The average molecular weight is 582 g/mol. The van der Waals surface area contributed by atoms with E-state index in [2.05, 4.69) is 5.32 Å². The highest BCUT2D eigenvalue weighted by atomic mass is 32.2. The highest BCUT2D eigenvalue weighted by molar-refractivity contribution is 7.92. The van der Waals surface area contributed by atoms with E-state index in [0.29, 0.717) is 12.1 Å². The SMILES string of the molecule is CC[C@@H](C)NC(=O)[C@@H](C)N(Cc1ccccc1F)C(=O)CN(c1ccc(C(C)C)cc1)S(=O)(=O)c1ccc(C)cc1. The summed E-state index contributed by atoms with van der Waals surface area (Å²) >= 11 is 0. The fourth-order valence-electron chi connectivity index (χ4n) is 4.25. The van der Waals surface area contributed by atoms with Crippen LogP contribution in [0.4, 0.5) is 10.1 Å². The molecule has 220 valence electrons. The summed E-state index contributed by atoms with van der Waals surface area (Å²) in [6, 6.07) is 18.3. The zero-order valence-corrected chi connectivity index (χ0v) is 25.4. The Kier molecular flexibility index (Phi) is 10.7. The molecule has 2 atom stereocenters. The number of sulfonamides is 1. The minimum Gasteiger partial charge on any atom is -0.352 e. The largest absolute Gasteiger partial charge is 0.352 e. The van der Waals surface area contributed by atoms with Gasteiger partial charge in [0.15, 0.2) is 0 Å². The molecular weight excluding hydrogens is 541 g/mol. The fourth-order valence-corrected chi connectivity index (χ4v) is 5.66. The minimum atomic E-state index is -4.17. The van der Waals surface area contributed by atoms with Crippen molar-refractivity contribution < 1.29 is 22.4 Å². The molecule has 0 fully saturated rings. The van der Waals surface area contributed by atoms with Crippen molar-refractivity contribution in [1.82, 2.24) is 10.2 Å². The second kappa shape index (κ2) is 13.8. The van der Waals surface area contributed by atoms with Gasteiger partial charge in [0.2, 0.25) is 11.8 Å². The monoisotopic (exact) mass is 581 g/mol. The van der Waals surface area contributed by atoms with Gasteiger partial charge in [-0.2, -0.15) is 0 Å². The lowest BCUT2D eigenvalue weighted by Crippen LogP contribution is -2.52. The number of rotatable bonds is 12. The Hall–Kier alpha value is -3.72. The number of carbonyl (C=O) groups excluding carboxylic acids is 2. The molecule has 0 aliphatic heterocycles. The van der Waals surface area contributed by atoms with E-state index in [1.165, 1.54) is 23.1 Å². The third-order valence-corrected chi connectivity index (χ3v) is 8.99. The van der Waals surface area contributed by atoms with E-state index in [4.69, 9.17) is 0 Å². The molecule has 0 aliphatic carbocycles. The number of amides is 2. The molecule has 7 nitrogen and oxygen atoms in total. The van der Waals surface area contributed by atoms with Gasteiger partial charge in [0.05, 0.1) is 10.6 Å². The predicted molar refractivity (Wildman–Crippen MR) is 161 cm³/mol. The molecule has 0 saturated carbocycles. The minimum absolute atomic E-state index is 0.0343. The van der Waals surface area contributed by atoms with Gasteiger partial charge < -0.3 is 10.2 Å². The van der Waals surface area contributed by atoms with Crippen molar-refractivity contribution in [2.45, 2.75) is 77.4 Å². The topological polar surface area (TPSA) is 86.8 Å². The van der Waals surface area contributed by atoms with Gasteiger partial charge in [-0.15, -0.1) is 0 Å². The molecule has 9 heteroatoms. The number of aryl methyl sites for hydroxylation is 1. The van der Waals surface area contributed by atoms with Gasteiger partial charge in [-0.05, 0) is 69.0 Å². The van der Waals surface area contributed by atoms with E-state index in [-0.39, 0.29) is 29.0 Å². The Labute approximate surface area is 243 Å². The Morgan fingerprint density at radius 2 is 1.51 bits per heavy atom. The molecule has 0 heterocycles. The summed E-state index contributed by atoms with van der Waals surface area (Å²) in [5.41, 5.74) is 2.44. The molecule has 0 bridgehead atoms. The normalized spacial score (nSPS) is 13.0. The van der Waals surface area contributed by atoms with Crippen LogP contribution in [0.2, 0.25) is 0 Å². The summed E-state index contributed by atoms with van der Waals surface area (Å²) in [6.45, 7) is 10.5. The number of nitrogens with zero attached hydrogens (tertiary/aromatic N) is 2. The third kappa shape index (κ3) is 7.94. The average Bonchev–Trinajstić information content (AvgIpc) is 2.95. The van der Waals surface area contributed by atoms with Crippen LogP contribution in [-0.2, 0) is 26.2 Å². The van der Waals surface area contributed by atoms with Crippen LogP contribution in [0.25, 0.3) is 0 Å². The van der Waals surface area contributed by atoms with Crippen LogP contribution in [0.5, 0.6) is 0 Å². The number of hydrogen-bond donors (Lipinski definition) is 1. The smallest absolute Gasteiger partial charge is 0.264 e. The summed E-state index contributed by atoms with van der Waals surface area (Å²) in [5, 5.41) is 2.87. The highest BCUT2D eigenvalue weighted by Crippen LogP contribution is 2.27. The lowest BCUT2D eigenvalue weighted by molar-refractivity contribution is -0.139. The predicted octanol–water partition coefficient (Wildman–Crippen LogP) is 5.78. The Bertz CT molecular complexity index is 1440. The van der Waals surface area contributed by atoms with Gasteiger partial charge in [-0.25, -0.2) is 12.8 Å². The quantitative estimate of drug-likeness (QED) is 0.294. The van der Waals surface area contributed by atoms with Crippen molar-refractivity contribution in [2.24, 2.45) is 0 Å². The van der Waals surface area contributed by atoms with Crippen molar-refractivity contribution in [3.8, 4) is 0 Å². The lowest BCUT2D eigenvalue weighted by atomic mass is 10.0. The van der Waals surface area contributed by atoms with E-state index < -0.39 is 40.2 Å². The Balaban J connectivity index is 2.05. The van der Waals surface area contributed by atoms with Crippen LogP contribution in [0, 0.1) is 12.7 Å². The number of halogens is 1. The Morgan fingerprint density at radius 1 is 0.902 bits per heavy atom. The maximum absolute atomic E-state index is 14.7. The van der Waals surface area contributed by atoms with Crippen LogP contribution >= 0.6 is 0 Å². The molecule has 0 spiro atoms. The second-order valence-electron chi connectivity index (χ2n) is 10.7. The first-order valence-corrected chi connectivity index (χ1v) is 15.3. The van der Waals surface area contributed by atoms with Crippen molar-refractivity contribution in [3.63, 3.8) is 0 Å². The van der Waals surface area contributed by atoms with Crippen LogP contribution in [-0.4, -0.2) is 43.8 Å². The summed E-state index contributed by atoms with van der Waals surface area (Å²) in [6.07, 6.45) is 0.689. The van der Waals surface area contributed by atoms with Gasteiger partial charge in [-0.3, -0.25) is 13.9 Å². The molecule has 0 aromatic heterocycles. The molecule has 0 unspecified atom stereocenters. The van der Waals surface area contributed by atoms with Crippen LogP contribution in [0.1, 0.15) is 63.6 Å². The maximum atomic E-state index is 14.7. The summed E-state index contributed by atoms with van der Waals surface area (Å²) in [5.74, 6) is -1.33. The van der Waals surface area contributed by atoms with E-state index in [1.54, 1.807) is 49.4 Å². The lowest BCUT2D eigenvalue weighted by Gasteiger charge is -2.32. The summed E-state index contributed by atoms with van der Waals surface area (Å²) in [4.78, 5) is 28.3. The zero-order valence-electron chi connectivity index (χ0n) is 24.6. The second-order valence-corrected chi connectivity index (χ2v) is 12.5. The molecule has 2 amide bonds. The van der Waals surface area contributed by atoms with E-state index in [1.807, 2.05) is 46.8 Å². The van der Waals surface area contributed by atoms with Crippen molar-refractivity contribution in [3.05, 3.63) is 95.3 Å². The number of hydrogen-bond acceptors (Lipinski definition) is 4. The van der Waals surface area contributed by atoms with Gasteiger partial charge in [0.25, 0.3) is 10.0 Å². The van der Waals surface area contributed by atoms with Crippen LogP contribution < -0.4 is 9.62 Å². The van der Waals surface area contributed by atoms with Crippen molar-refractivity contribution in [2.75, 3.05) is 10.8 Å². The van der Waals surface area contributed by atoms with Gasteiger partial charge >= 0.3 is 0 Å². The maximum Gasteiger partial charge on any atom is 0.264 e. The molecule has 41 heavy (non-hydrogen) atoms. The van der Waals surface area contributed by atoms with Gasteiger partial charge in [0, 0.05) is 18.2 Å². The van der Waals surface area contributed by atoms with Crippen LogP contribution in [0.15, 0.2) is 77.7 Å². The van der Waals surface area contributed by atoms with E-state index in [0.717, 1.165) is 15.4 Å². The molecular formula is C32H40FN3O4S. The first-order chi connectivity index (χ1) is 19.3. The number of benzene rings is 3. The van der Waals surface area contributed by atoms with Crippen LogP contribution in [0.3, 0.4) is 0 Å². The number of carbonyl (C=O) groups is 2. The van der Waals surface area contributed by atoms with Gasteiger partial charge in [0.1, 0.15) is 18.4 Å². The molecule has 0 aliphatic rings. The van der Waals surface area contributed by atoms with E-state index >= 15 is 0 Å². The van der Waals surface area contributed by atoms with Gasteiger partial charge in [-0.1, -0.05) is 68.8 Å². The first-order valence-electron chi connectivity index (χ1n) is 13.9. The van der Waals surface area contributed by atoms with Crippen molar-refractivity contribution >= 4 is 27.5 Å². The Morgan fingerprint density at radius 3 is 2.07 bits per heavy atom. The molecule has 1 N–H and O–H groups in total. The first kappa shape index (κ1) is 31.8. The molecule has 0 radical (unpaired) electrons. The third-order valence-electron chi connectivity index (χ3n) is 7.20. The summed E-state index contributed by atoms with van der Waals surface area (Å²) < 4.78 is 43.6. The molecule has 3 aromatic rings. The number of nitrogens with one attached hydrogen (secondary N) is 1. The number of anilines is 1. The van der Waals surface area contributed by atoms with Crippen molar-refractivity contribution in [1.29, 1.82) is 0 Å². The summed E-state index contributed by atoms with van der Waals surface area (Å²) in [7, 11) is -4.17. The fraction of sp³-hybridized carbons (Fsp3) is 0.375.